The number of hydrogen-bond acceptors (Lipinski definition) is 4. The Labute approximate surface area is 126 Å². The molecule has 0 bridgehead atoms. The van der Waals surface area contributed by atoms with Crippen LogP contribution in [0.2, 0.25) is 0 Å². The molecule has 0 aliphatic carbocycles. The first-order valence-corrected chi connectivity index (χ1v) is 6.81. The van der Waals surface area contributed by atoms with E-state index in [1.54, 1.807) is 26.0 Å². The molecule has 0 heterocycles. The normalized spacial score (nSPS) is 13.2. The van der Waals surface area contributed by atoms with Crippen molar-refractivity contribution in [3.05, 3.63) is 33.4 Å². The van der Waals surface area contributed by atoms with Crippen molar-refractivity contribution in [2.45, 2.75) is 19.3 Å². The minimum Gasteiger partial charge on any atom is -0.465 e. The molecule has 19 heavy (non-hydrogen) atoms. The number of esters is 1. The zero-order valence-corrected chi connectivity index (χ0v) is 12.8. The summed E-state index contributed by atoms with van der Waals surface area (Å²) in [4.78, 5) is 12.2. The van der Waals surface area contributed by atoms with E-state index in [9.17, 15) is 4.79 Å². The Hall–Kier alpha value is -1.60. The van der Waals surface area contributed by atoms with Crippen molar-refractivity contribution in [2.75, 3.05) is 6.61 Å². The van der Waals surface area contributed by atoms with Crippen molar-refractivity contribution in [1.82, 2.24) is 0 Å². The summed E-state index contributed by atoms with van der Waals surface area (Å²) in [6.07, 6.45) is 0. The molecule has 4 nitrogen and oxygen atoms in total. The highest BCUT2D eigenvalue weighted by Gasteiger charge is 2.45. The molecule has 1 rings (SSSR count). The molecule has 0 aliphatic heterocycles. The van der Waals surface area contributed by atoms with Gasteiger partial charge in [0.1, 0.15) is 5.41 Å². The molecule has 0 spiro atoms. The number of halogens is 1. The van der Waals surface area contributed by atoms with Crippen LogP contribution in [0, 0.1) is 32.2 Å². The third-order valence-corrected chi connectivity index (χ3v) is 3.70. The van der Waals surface area contributed by atoms with Gasteiger partial charge < -0.3 is 4.74 Å². The molecular formula is C14H13IN2O2. The van der Waals surface area contributed by atoms with Gasteiger partial charge in [-0.25, -0.2) is 0 Å². The highest BCUT2D eigenvalue weighted by molar-refractivity contribution is 14.1. The van der Waals surface area contributed by atoms with Crippen LogP contribution in [-0.2, 0) is 14.9 Å². The number of carbonyl (C=O) groups is 1. The second kappa shape index (κ2) is 6.53. The zero-order valence-electron chi connectivity index (χ0n) is 10.7. The molecule has 0 N–H and O–H groups in total. The van der Waals surface area contributed by atoms with Crippen molar-refractivity contribution in [3.63, 3.8) is 0 Å². The van der Waals surface area contributed by atoms with Crippen LogP contribution < -0.4 is 0 Å². The van der Waals surface area contributed by atoms with Crippen LogP contribution in [0.1, 0.15) is 19.4 Å². The molecule has 0 saturated carbocycles. The zero-order chi connectivity index (χ0) is 14.5. The minimum atomic E-state index is -1.27. The first-order chi connectivity index (χ1) is 9.00. The van der Waals surface area contributed by atoms with E-state index in [0.29, 0.717) is 5.56 Å². The quantitative estimate of drug-likeness (QED) is 0.605. The van der Waals surface area contributed by atoms with Gasteiger partial charge in [0.2, 0.25) is 0 Å². The van der Waals surface area contributed by atoms with Crippen LogP contribution in [0.5, 0.6) is 0 Å². The summed E-state index contributed by atoms with van der Waals surface area (Å²) in [5.41, 5.74) is -0.663. The molecule has 0 aliphatic rings. The van der Waals surface area contributed by atoms with Gasteiger partial charge in [-0.1, -0.05) is 12.1 Å². The van der Waals surface area contributed by atoms with E-state index in [1.807, 2.05) is 24.3 Å². The lowest BCUT2D eigenvalue weighted by Gasteiger charge is -2.28. The number of nitrogens with zero attached hydrogens (tertiary/aromatic N) is 2. The molecule has 0 amide bonds. The van der Waals surface area contributed by atoms with Crippen LogP contribution in [0.3, 0.4) is 0 Å². The largest absolute Gasteiger partial charge is 0.465 e. The number of carbonyl (C=O) groups excluding carboxylic acids is 1. The summed E-state index contributed by atoms with van der Waals surface area (Å²) in [6, 6.07) is 10.9. The van der Waals surface area contributed by atoms with Gasteiger partial charge in [-0.15, -0.1) is 0 Å². The lowest BCUT2D eigenvalue weighted by Crippen LogP contribution is -2.40. The maximum atomic E-state index is 12.2. The van der Waals surface area contributed by atoms with E-state index in [2.05, 4.69) is 22.6 Å². The molecular weight excluding hydrogens is 355 g/mol. The van der Waals surface area contributed by atoms with E-state index >= 15 is 0 Å². The van der Waals surface area contributed by atoms with Gasteiger partial charge in [-0.2, -0.15) is 10.5 Å². The van der Waals surface area contributed by atoms with Crippen molar-refractivity contribution in [2.24, 2.45) is 5.92 Å². The van der Waals surface area contributed by atoms with Gasteiger partial charge in [-0.05, 0) is 54.1 Å². The Morgan fingerprint density at radius 2 is 1.89 bits per heavy atom. The summed E-state index contributed by atoms with van der Waals surface area (Å²) in [6.45, 7) is 3.48. The highest BCUT2D eigenvalue weighted by Crippen LogP contribution is 2.33. The predicted molar refractivity (Wildman–Crippen MR) is 77.9 cm³/mol. The SMILES string of the molecule is CCOC(=O)C(C)(c1ccc(I)cc1)C(C#N)C#N. The van der Waals surface area contributed by atoms with E-state index in [0.717, 1.165) is 3.57 Å². The Bertz CT molecular complexity index is 528. The topological polar surface area (TPSA) is 73.9 Å². The van der Waals surface area contributed by atoms with Crippen molar-refractivity contribution >= 4 is 28.6 Å². The van der Waals surface area contributed by atoms with Crippen molar-refractivity contribution in [1.29, 1.82) is 10.5 Å². The fourth-order valence-electron chi connectivity index (χ4n) is 1.77. The monoisotopic (exact) mass is 368 g/mol. The minimum absolute atomic E-state index is 0.211. The summed E-state index contributed by atoms with van der Waals surface area (Å²) < 4.78 is 6.05. The van der Waals surface area contributed by atoms with Crippen molar-refractivity contribution < 1.29 is 9.53 Å². The Kier molecular flexibility index (Phi) is 5.31. The Morgan fingerprint density at radius 3 is 2.32 bits per heavy atom. The third kappa shape index (κ3) is 3.05. The lowest BCUT2D eigenvalue weighted by atomic mass is 9.73. The number of rotatable bonds is 4. The van der Waals surface area contributed by atoms with E-state index < -0.39 is 17.3 Å². The van der Waals surface area contributed by atoms with Gasteiger partial charge in [0.05, 0.1) is 18.7 Å². The van der Waals surface area contributed by atoms with Crippen LogP contribution >= 0.6 is 22.6 Å². The molecule has 98 valence electrons. The van der Waals surface area contributed by atoms with Crippen LogP contribution in [0.15, 0.2) is 24.3 Å². The van der Waals surface area contributed by atoms with Gasteiger partial charge >= 0.3 is 5.97 Å². The van der Waals surface area contributed by atoms with E-state index in [-0.39, 0.29) is 6.61 Å². The average molecular weight is 368 g/mol. The van der Waals surface area contributed by atoms with Crippen LogP contribution in [0.25, 0.3) is 0 Å². The molecule has 0 radical (unpaired) electrons. The van der Waals surface area contributed by atoms with Gasteiger partial charge in [0, 0.05) is 3.57 Å². The predicted octanol–water partition coefficient (Wildman–Crippen LogP) is 2.78. The molecule has 0 saturated heterocycles. The molecule has 1 unspecified atom stereocenters. The maximum absolute atomic E-state index is 12.2. The molecule has 1 aromatic carbocycles. The lowest BCUT2D eigenvalue weighted by molar-refractivity contribution is -0.150. The Balaban J connectivity index is 3.35. The molecule has 0 aromatic heterocycles. The van der Waals surface area contributed by atoms with Gasteiger partial charge in [0.25, 0.3) is 0 Å². The maximum Gasteiger partial charge on any atom is 0.318 e. The van der Waals surface area contributed by atoms with Crippen molar-refractivity contribution in [3.8, 4) is 12.1 Å². The number of benzene rings is 1. The summed E-state index contributed by atoms with van der Waals surface area (Å²) in [7, 11) is 0. The summed E-state index contributed by atoms with van der Waals surface area (Å²) in [5, 5.41) is 18.2. The third-order valence-electron chi connectivity index (χ3n) is 2.98. The molecule has 5 heteroatoms. The second-order valence-corrected chi connectivity index (χ2v) is 5.37. The average Bonchev–Trinajstić information content (AvgIpc) is 2.40. The van der Waals surface area contributed by atoms with E-state index in [4.69, 9.17) is 15.3 Å². The highest BCUT2D eigenvalue weighted by atomic mass is 127. The van der Waals surface area contributed by atoms with Crippen LogP contribution in [-0.4, -0.2) is 12.6 Å². The second-order valence-electron chi connectivity index (χ2n) is 4.12. The molecule has 1 aromatic rings. The van der Waals surface area contributed by atoms with Crippen LogP contribution in [0.4, 0.5) is 0 Å². The number of hydrogen-bond donors (Lipinski definition) is 0. The molecule has 1 atom stereocenters. The standard InChI is InChI=1S/C14H13IN2O2/c1-3-19-13(18)14(2,11(8-16)9-17)10-4-6-12(15)7-5-10/h4-7,11H,3H2,1-2H3. The number of ether oxygens (including phenoxy) is 1. The first-order valence-electron chi connectivity index (χ1n) is 5.73. The summed E-state index contributed by atoms with van der Waals surface area (Å²) in [5.74, 6) is -1.64. The fraction of sp³-hybridized carbons (Fsp3) is 0.357. The van der Waals surface area contributed by atoms with Gasteiger partial charge in [0.15, 0.2) is 5.92 Å². The van der Waals surface area contributed by atoms with E-state index in [1.165, 1.54) is 0 Å². The van der Waals surface area contributed by atoms with Gasteiger partial charge in [-0.3, -0.25) is 4.79 Å². The fourth-order valence-corrected chi connectivity index (χ4v) is 2.13. The first kappa shape index (κ1) is 15.5. The molecule has 0 fully saturated rings. The Morgan fingerprint density at radius 1 is 1.37 bits per heavy atom. The smallest absolute Gasteiger partial charge is 0.318 e. The summed E-state index contributed by atoms with van der Waals surface area (Å²) >= 11 is 2.15. The number of nitriles is 2.